The van der Waals surface area contributed by atoms with Gasteiger partial charge in [0.1, 0.15) is 23.2 Å². The van der Waals surface area contributed by atoms with Gasteiger partial charge < -0.3 is 21.1 Å². The molecule has 0 aliphatic heterocycles. The number of benzene rings is 1. The van der Waals surface area contributed by atoms with Gasteiger partial charge in [-0.1, -0.05) is 18.2 Å². The van der Waals surface area contributed by atoms with Crippen LogP contribution in [0.3, 0.4) is 0 Å². The van der Waals surface area contributed by atoms with Crippen molar-refractivity contribution in [3.63, 3.8) is 0 Å². The average Bonchev–Trinajstić information content (AvgIpc) is 2.62. The smallest absolute Gasteiger partial charge is 0.405 e. The molecule has 1 aromatic heterocycles. The Morgan fingerprint density at radius 3 is 2.68 bits per heavy atom. The van der Waals surface area contributed by atoms with E-state index in [-0.39, 0.29) is 29.8 Å². The maximum Gasteiger partial charge on any atom is 0.573 e. The Balaban J connectivity index is 1.66. The van der Waals surface area contributed by atoms with Crippen molar-refractivity contribution in [2.75, 3.05) is 17.2 Å². The fourth-order valence-electron chi connectivity index (χ4n) is 2.93. The van der Waals surface area contributed by atoms with Crippen molar-refractivity contribution in [3.8, 4) is 11.8 Å². The molecule has 10 heteroatoms. The molecule has 1 saturated carbocycles. The number of nitrogens with zero attached hydrogens (tertiary/aromatic N) is 3. The monoisotopic (exact) mass is 392 g/mol. The second-order valence-electron chi connectivity index (χ2n) is 6.56. The van der Waals surface area contributed by atoms with Crippen LogP contribution >= 0.6 is 0 Å². The minimum atomic E-state index is -4.78. The van der Waals surface area contributed by atoms with Crippen LogP contribution in [0.25, 0.3) is 0 Å². The summed E-state index contributed by atoms with van der Waals surface area (Å²) in [6, 6.07) is 8.05. The maximum atomic E-state index is 12.5. The van der Waals surface area contributed by atoms with Crippen molar-refractivity contribution in [1.82, 2.24) is 9.97 Å². The van der Waals surface area contributed by atoms with Gasteiger partial charge in [0.05, 0.1) is 6.20 Å². The third-order valence-electron chi connectivity index (χ3n) is 4.37. The average molecular weight is 392 g/mol. The molecule has 148 valence electrons. The van der Waals surface area contributed by atoms with Crippen LogP contribution in [-0.2, 0) is 6.54 Å². The number of aromatic nitrogens is 2. The van der Waals surface area contributed by atoms with E-state index in [1.54, 1.807) is 6.07 Å². The van der Waals surface area contributed by atoms with Gasteiger partial charge in [-0.05, 0) is 24.8 Å². The predicted octanol–water partition coefficient (Wildman–Crippen LogP) is 3.01. The molecule has 1 aliphatic carbocycles. The summed E-state index contributed by atoms with van der Waals surface area (Å²) in [5, 5.41) is 15.2. The SMILES string of the molecule is N#Cc1cnc(NCc2ccccc2OC(F)(F)F)nc1NC[C@H]1C[C@H](N)C1. The summed E-state index contributed by atoms with van der Waals surface area (Å²) in [5.74, 6) is 0.698. The number of rotatable bonds is 7. The van der Waals surface area contributed by atoms with Crippen LogP contribution in [0.15, 0.2) is 30.5 Å². The van der Waals surface area contributed by atoms with Gasteiger partial charge in [0, 0.05) is 24.7 Å². The number of alkyl halides is 3. The molecule has 7 nitrogen and oxygen atoms in total. The van der Waals surface area contributed by atoms with Crippen LogP contribution < -0.4 is 21.1 Å². The highest BCUT2D eigenvalue weighted by Crippen LogP contribution is 2.27. The number of nitrogens with two attached hydrogens (primary N) is 1. The van der Waals surface area contributed by atoms with Gasteiger partial charge in [0.25, 0.3) is 0 Å². The molecule has 2 aromatic rings. The Hall–Kier alpha value is -3.06. The molecule has 1 fully saturated rings. The van der Waals surface area contributed by atoms with E-state index < -0.39 is 6.36 Å². The first-order valence-corrected chi connectivity index (χ1v) is 8.68. The molecule has 0 amide bonds. The molecule has 3 rings (SSSR count). The lowest BCUT2D eigenvalue weighted by molar-refractivity contribution is -0.274. The van der Waals surface area contributed by atoms with Crippen molar-refractivity contribution < 1.29 is 17.9 Å². The molecular formula is C18H19F3N6O. The van der Waals surface area contributed by atoms with Crippen molar-refractivity contribution in [3.05, 3.63) is 41.6 Å². The summed E-state index contributed by atoms with van der Waals surface area (Å²) >= 11 is 0. The summed E-state index contributed by atoms with van der Waals surface area (Å²) in [6.45, 7) is 0.663. The van der Waals surface area contributed by atoms with Crippen LogP contribution in [-0.4, -0.2) is 28.9 Å². The number of anilines is 2. The Kier molecular flexibility index (Phi) is 5.84. The highest BCUT2D eigenvalue weighted by molar-refractivity contribution is 5.53. The van der Waals surface area contributed by atoms with E-state index in [1.807, 2.05) is 6.07 Å². The normalized spacial score (nSPS) is 18.7. The molecule has 1 heterocycles. The van der Waals surface area contributed by atoms with E-state index in [9.17, 15) is 18.4 Å². The number of hydrogen-bond acceptors (Lipinski definition) is 7. The van der Waals surface area contributed by atoms with Crippen LogP contribution in [0.4, 0.5) is 24.9 Å². The number of para-hydroxylation sites is 1. The lowest BCUT2D eigenvalue weighted by atomic mass is 9.81. The standard InChI is InChI=1S/C18H19F3N6O/c19-18(20,21)28-15-4-2-1-3-12(15)9-25-17-26-10-13(7-22)16(27-17)24-8-11-5-14(23)6-11/h1-4,10-11,14H,5-6,8-9,23H2,(H2,24,25,26,27)/t11-,14-. The lowest BCUT2D eigenvalue weighted by Crippen LogP contribution is -2.39. The van der Waals surface area contributed by atoms with Crippen LogP contribution in [0.1, 0.15) is 24.0 Å². The zero-order chi connectivity index (χ0) is 20.1. The molecule has 0 spiro atoms. The van der Waals surface area contributed by atoms with Crippen LogP contribution in [0.2, 0.25) is 0 Å². The van der Waals surface area contributed by atoms with Crippen molar-refractivity contribution in [1.29, 1.82) is 5.26 Å². The molecule has 0 atom stereocenters. The Morgan fingerprint density at radius 1 is 1.25 bits per heavy atom. The van der Waals surface area contributed by atoms with Gasteiger partial charge in [0.2, 0.25) is 5.95 Å². The largest absolute Gasteiger partial charge is 0.573 e. The summed E-state index contributed by atoms with van der Waals surface area (Å²) in [4.78, 5) is 8.30. The molecule has 0 unspecified atom stereocenters. The highest BCUT2D eigenvalue weighted by Gasteiger charge is 2.32. The molecule has 0 radical (unpaired) electrons. The fourth-order valence-corrected chi connectivity index (χ4v) is 2.93. The van der Waals surface area contributed by atoms with Gasteiger partial charge >= 0.3 is 6.36 Å². The first kappa shape index (κ1) is 19.7. The number of nitrogens with one attached hydrogen (secondary N) is 2. The summed E-state index contributed by atoms with van der Waals surface area (Å²) in [7, 11) is 0. The number of nitriles is 1. The summed E-state index contributed by atoms with van der Waals surface area (Å²) in [6.07, 6.45) is -1.58. The lowest BCUT2D eigenvalue weighted by Gasteiger charge is -2.32. The van der Waals surface area contributed by atoms with Crippen LogP contribution in [0.5, 0.6) is 5.75 Å². The second-order valence-corrected chi connectivity index (χ2v) is 6.56. The van der Waals surface area contributed by atoms with Crippen molar-refractivity contribution in [2.24, 2.45) is 11.7 Å². The van der Waals surface area contributed by atoms with Crippen LogP contribution in [0, 0.1) is 17.2 Å². The Labute approximate surface area is 159 Å². The second kappa shape index (κ2) is 8.31. The highest BCUT2D eigenvalue weighted by atomic mass is 19.4. The summed E-state index contributed by atoms with van der Waals surface area (Å²) < 4.78 is 41.6. The third-order valence-corrected chi connectivity index (χ3v) is 4.37. The quantitative estimate of drug-likeness (QED) is 0.665. The third kappa shape index (κ3) is 5.23. The Morgan fingerprint density at radius 2 is 2.00 bits per heavy atom. The minimum Gasteiger partial charge on any atom is -0.405 e. The number of ether oxygens (including phenoxy) is 1. The summed E-state index contributed by atoms with van der Waals surface area (Å²) in [5.41, 5.74) is 6.35. The molecule has 1 aromatic carbocycles. The van der Waals surface area contributed by atoms with E-state index in [0.29, 0.717) is 23.8 Å². The van der Waals surface area contributed by atoms with Gasteiger partial charge in [-0.3, -0.25) is 0 Å². The first-order chi connectivity index (χ1) is 13.3. The Bertz CT molecular complexity index is 861. The number of halogens is 3. The van der Waals surface area contributed by atoms with Gasteiger partial charge in [-0.25, -0.2) is 4.98 Å². The molecular weight excluding hydrogens is 373 g/mol. The first-order valence-electron chi connectivity index (χ1n) is 8.68. The maximum absolute atomic E-state index is 12.5. The molecule has 1 aliphatic rings. The van der Waals surface area contributed by atoms with E-state index in [4.69, 9.17) is 5.73 Å². The number of hydrogen-bond donors (Lipinski definition) is 3. The minimum absolute atomic E-state index is 0.0229. The van der Waals surface area contributed by atoms with Crippen molar-refractivity contribution >= 4 is 11.8 Å². The van der Waals surface area contributed by atoms with Gasteiger partial charge in [-0.2, -0.15) is 10.2 Å². The van der Waals surface area contributed by atoms with E-state index in [2.05, 4.69) is 25.3 Å². The van der Waals surface area contributed by atoms with E-state index >= 15 is 0 Å². The zero-order valence-electron chi connectivity index (χ0n) is 14.8. The topological polar surface area (TPSA) is 109 Å². The fraction of sp³-hybridized carbons (Fsp3) is 0.389. The predicted molar refractivity (Wildman–Crippen MR) is 96.4 cm³/mol. The molecule has 0 bridgehead atoms. The zero-order valence-corrected chi connectivity index (χ0v) is 14.8. The van der Waals surface area contributed by atoms with Gasteiger partial charge in [0.15, 0.2) is 0 Å². The molecule has 0 saturated heterocycles. The molecule has 4 N–H and O–H groups in total. The van der Waals surface area contributed by atoms with Gasteiger partial charge in [-0.15, -0.1) is 13.2 Å². The van der Waals surface area contributed by atoms with E-state index in [1.165, 1.54) is 24.4 Å². The van der Waals surface area contributed by atoms with E-state index in [0.717, 1.165) is 12.8 Å². The van der Waals surface area contributed by atoms with Crippen molar-refractivity contribution in [2.45, 2.75) is 31.8 Å². The molecule has 28 heavy (non-hydrogen) atoms.